The molecule has 0 unspecified atom stereocenters. The summed E-state index contributed by atoms with van der Waals surface area (Å²) < 4.78 is 27.4. The number of carboxylic acid groups (broad SMARTS) is 1. The Kier molecular flexibility index (Phi) is 7.29. The molecule has 0 radical (unpaired) electrons. The van der Waals surface area contributed by atoms with Crippen LogP contribution in [0, 0.1) is 0 Å². The van der Waals surface area contributed by atoms with Gasteiger partial charge in [-0.25, -0.2) is 4.79 Å². The minimum absolute atomic E-state index is 0.692. The van der Waals surface area contributed by atoms with Crippen molar-refractivity contribution in [2.24, 2.45) is 0 Å². The van der Waals surface area contributed by atoms with Gasteiger partial charge in [0.05, 0.1) is 0 Å². The summed E-state index contributed by atoms with van der Waals surface area (Å²) in [5, 5.41) is 7.60. The third-order valence-electron chi connectivity index (χ3n) is 0.175. The van der Waals surface area contributed by atoms with Gasteiger partial charge in [0.2, 0.25) is 0 Å². The number of halogens is 3. The van der Waals surface area contributed by atoms with Crippen LogP contribution < -0.4 is 0 Å². The van der Waals surface area contributed by atoms with Gasteiger partial charge in [-0.2, -0.15) is 0 Å². The third kappa shape index (κ3) is 98.0. The molecule has 54 valence electrons. The zero-order valence-corrected chi connectivity index (χ0v) is 7.27. The molecular weight excluding hydrogens is 160 g/mol. The van der Waals surface area contributed by atoms with Crippen LogP contribution in [0.5, 0.6) is 0 Å². The van der Waals surface area contributed by atoms with E-state index < -0.39 is 37.3 Å². The van der Waals surface area contributed by atoms with Gasteiger partial charge in [0.15, 0.2) is 0 Å². The molecule has 6 heteroatoms. The molecule has 0 spiro atoms. The van der Waals surface area contributed by atoms with Gasteiger partial charge in [-0.1, -0.05) is 6.58 Å². The Morgan fingerprint density at radius 2 is 1.70 bits per heavy atom. The van der Waals surface area contributed by atoms with Crippen LogP contribution in [0.2, 0.25) is 0 Å². The molecule has 0 aromatic rings. The Morgan fingerprint density at radius 1 is 1.60 bits per heavy atom. The van der Waals surface area contributed by atoms with E-state index in [0.717, 1.165) is 6.08 Å². The Labute approximate surface area is 73.1 Å². The second kappa shape index (κ2) is 5.76. The summed E-state index contributed by atoms with van der Waals surface area (Å²) in [5.74, 6) is -0.981. The molecule has 0 saturated heterocycles. The first-order valence-electron chi connectivity index (χ1n) is 2.19. The van der Waals surface area contributed by atoms with Gasteiger partial charge in [0.1, 0.15) is 0 Å². The summed E-state index contributed by atoms with van der Waals surface area (Å²) >= 11 is -0.692. The van der Waals surface area contributed by atoms with E-state index in [4.69, 9.17) is 5.11 Å². The molecule has 0 aromatic heterocycles. The molecule has 0 aliphatic rings. The third-order valence-corrected chi connectivity index (χ3v) is 0.175. The second-order valence-corrected chi connectivity index (χ2v) is 2.46. The summed E-state index contributed by atoms with van der Waals surface area (Å²) in [4.78, 5) is 9.25. The molecule has 0 aliphatic carbocycles. The van der Waals surface area contributed by atoms with Gasteiger partial charge < -0.3 is 5.11 Å². The van der Waals surface area contributed by atoms with E-state index >= 15 is 0 Å². The van der Waals surface area contributed by atoms with Crippen LogP contribution in [0.1, 0.15) is 0 Å². The summed E-state index contributed by atoms with van der Waals surface area (Å²) in [6.07, 6.45) is 0.833. The van der Waals surface area contributed by atoms with Crippen molar-refractivity contribution in [2.75, 3.05) is 0 Å². The number of alkyl halides is 3. The predicted octanol–water partition coefficient (Wildman–Crippen LogP) is 0.932. The number of aliphatic carboxylic acids is 1. The second-order valence-electron chi connectivity index (χ2n) is 1.32. The Morgan fingerprint density at radius 3 is 1.70 bits per heavy atom. The van der Waals surface area contributed by atoms with Gasteiger partial charge >= 0.3 is 50.5 Å². The first kappa shape index (κ1) is 12.7. The zero-order chi connectivity index (χ0) is 8.78. The first-order chi connectivity index (χ1) is 4.27. The number of rotatable bonds is 1. The molecular formula is C4H4F3NaO2. The van der Waals surface area contributed by atoms with Gasteiger partial charge in [0.25, 0.3) is 0 Å². The minimum atomic E-state index is -3.86. The number of hydrogen-bond acceptors (Lipinski definition) is 1. The maximum absolute atomic E-state index is 10.4. The molecule has 0 rings (SSSR count). The molecule has 0 bridgehead atoms. The van der Waals surface area contributed by atoms with Crippen LogP contribution in [-0.4, -0.2) is 42.4 Å². The summed E-state index contributed by atoms with van der Waals surface area (Å²) in [7, 11) is 0. The van der Waals surface area contributed by atoms with Crippen molar-refractivity contribution in [3.05, 3.63) is 12.7 Å². The SMILES string of the molecule is C=CC(=O)O.F[C](F)(F)[Na]. The van der Waals surface area contributed by atoms with Crippen molar-refractivity contribution in [1.29, 1.82) is 0 Å². The van der Waals surface area contributed by atoms with E-state index in [1.807, 2.05) is 0 Å². The molecule has 0 amide bonds. The summed E-state index contributed by atoms with van der Waals surface area (Å²) in [5.41, 5.74) is 0. The van der Waals surface area contributed by atoms with Crippen LogP contribution in [0.4, 0.5) is 13.2 Å². The van der Waals surface area contributed by atoms with Crippen molar-refractivity contribution in [3.8, 4) is 0 Å². The fraction of sp³-hybridized carbons (Fsp3) is 0.250. The van der Waals surface area contributed by atoms with E-state index in [0.29, 0.717) is 0 Å². The van der Waals surface area contributed by atoms with Crippen LogP contribution in [0.25, 0.3) is 0 Å². The molecule has 0 aliphatic heterocycles. The first-order valence-corrected chi connectivity index (χ1v) is 3.19. The van der Waals surface area contributed by atoms with Crippen molar-refractivity contribution in [3.63, 3.8) is 0 Å². The monoisotopic (exact) mass is 164 g/mol. The van der Waals surface area contributed by atoms with Gasteiger partial charge in [-0.05, 0) is 0 Å². The molecule has 0 saturated carbocycles. The summed E-state index contributed by atoms with van der Waals surface area (Å²) in [6.45, 7) is 2.96. The van der Waals surface area contributed by atoms with E-state index in [2.05, 4.69) is 6.58 Å². The van der Waals surface area contributed by atoms with Gasteiger partial charge in [-0.15, -0.1) is 0 Å². The molecule has 0 atom stereocenters. The molecule has 10 heavy (non-hydrogen) atoms. The fourth-order valence-electron chi connectivity index (χ4n) is 0. The number of carbonyl (C=O) groups is 1. The quantitative estimate of drug-likeness (QED) is 0.462. The molecule has 0 aromatic carbocycles. The van der Waals surface area contributed by atoms with Crippen molar-refractivity contribution in [1.82, 2.24) is 0 Å². The Bertz CT molecular complexity index is 114. The van der Waals surface area contributed by atoms with E-state index in [-0.39, 0.29) is 0 Å². The Balaban J connectivity index is 0. The van der Waals surface area contributed by atoms with Crippen LogP contribution in [-0.2, 0) is 4.79 Å². The fourth-order valence-corrected chi connectivity index (χ4v) is 0. The van der Waals surface area contributed by atoms with Crippen LogP contribution in [0.15, 0.2) is 12.7 Å². The standard InChI is InChI=1S/C3H4O2.CF3.Na/c1-2-3(4)5;2-1(3)4;/h2H,1H2,(H,4,5);;. The molecule has 0 fully saturated rings. The van der Waals surface area contributed by atoms with Crippen molar-refractivity contribution < 1.29 is 23.1 Å². The molecule has 0 heterocycles. The Hall–Kier alpha value is -0.000000000000000222. The predicted molar refractivity (Wildman–Crippen MR) is 29.6 cm³/mol. The van der Waals surface area contributed by atoms with E-state index in [9.17, 15) is 18.0 Å². The van der Waals surface area contributed by atoms with Crippen LogP contribution >= 0.6 is 0 Å². The number of carboxylic acids is 1. The molecule has 1 N–H and O–H groups in total. The average molecular weight is 164 g/mol. The summed E-state index contributed by atoms with van der Waals surface area (Å²) in [6, 6.07) is 0. The topological polar surface area (TPSA) is 37.3 Å². The van der Waals surface area contributed by atoms with Crippen molar-refractivity contribution >= 4 is 33.9 Å². The number of hydrogen-bond donors (Lipinski definition) is 1. The van der Waals surface area contributed by atoms with E-state index in [1.54, 1.807) is 0 Å². The van der Waals surface area contributed by atoms with Gasteiger partial charge in [-0.3, -0.25) is 0 Å². The average Bonchev–Trinajstić information content (AvgIpc) is 1.61. The zero-order valence-electron chi connectivity index (χ0n) is 5.27. The van der Waals surface area contributed by atoms with Crippen molar-refractivity contribution in [2.45, 2.75) is 3.43 Å². The molecule has 2 nitrogen and oxygen atoms in total. The van der Waals surface area contributed by atoms with Crippen LogP contribution in [0.3, 0.4) is 0 Å². The van der Waals surface area contributed by atoms with Gasteiger partial charge in [0, 0.05) is 6.08 Å². The normalized spacial score (nSPS) is 9.30. The van der Waals surface area contributed by atoms with E-state index in [1.165, 1.54) is 0 Å². The maximum atomic E-state index is 10.4.